The molecule has 3 nitrogen and oxygen atoms in total. The van der Waals surface area contributed by atoms with E-state index in [9.17, 15) is 18.0 Å². The van der Waals surface area contributed by atoms with Crippen molar-refractivity contribution in [3.63, 3.8) is 0 Å². The number of halogens is 4. The van der Waals surface area contributed by atoms with Crippen LogP contribution in [0.5, 0.6) is 5.75 Å². The van der Waals surface area contributed by atoms with Gasteiger partial charge in [-0.25, -0.2) is 4.79 Å². The van der Waals surface area contributed by atoms with Gasteiger partial charge in [-0.2, -0.15) is 13.2 Å². The standard InChI is InChI=1S/C14H12ClF3O3/c1-3-20-13(19)9-6-8-7(2)4-5-10(15)11(8)21-12(9)14(16,17)18/h4-6,12H,3H2,1-2H3. The molecule has 0 aromatic heterocycles. The van der Waals surface area contributed by atoms with Crippen molar-refractivity contribution < 1.29 is 27.4 Å². The topological polar surface area (TPSA) is 35.5 Å². The maximum absolute atomic E-state index is 13.1. The van der Waals surface area contributed by atoms with E-state index in [0.717, 1.165) is 6.08 Å². The second kappa shape index (κ2) is 5.60. The number of aryl methyl sites for hydroxylation is 1. The van der Waals surface area contributed by atoms with Gasteiger partial charge in [0.25, 0.3) is 0 Å². The summed E-state index contributed by atoms with van der Waals surface area (Å²) in [6, 6.07) is 3.09. The number of carbonyl (C=O) groups is 1. The van der Waals surface area contributed by atoms with Gasteiger partial charge in [0.1, 0.15) is 5.75 Å². The van der Waals surface area contributed by atoms with Crippen molar-refractivity contribution in [3.05, 3.63) is 33.9 Å². The first-order valence-electron chi connectivity index (χ1n) is 6.17. The first-order valence-corrected chi connectivity index (χ1v) is 6.54. The lowest BCUT2D eigenvalue weighted by molar-refractivity contribution is -0.187. The lowest BCUT2D eigenvalue weighted by Crippen LogP contribution is -2.41. The molecule has 0 saturated heterocycles. The lowest BCUT2D eigenvalue weighted by atomic mass is 9.98. The van der Waals surface area contributed by atoms with Gasteiger partial charge < -0.3 is 9.47 Å². The number of rotatable bonds is 2. The third-order valence-corrected chi connectivity index (χ3v) is 3.29. The van der Waals surface area contributed by atoms with Crippen molar-refractivity contribution in [1.82, 2.24) is 0 Å². The number of hydrogen-bond acceptors (Lipinski definition) is 3. The van der Waals surface area contributed by atoms with E-state index < -0.39 is 23.8 Å². The van der Waals surface area contributed by atoms with Crippen molar-refractivity contribution >= 4 is 23.6 Å². The number of ether oxygens (including phenoxy) is 2. The fraction of sp³-hybridized carbons (Fsp3) is 0.357. The quantitative estimate of drug-likeness (QED) is 0.775. The van der Waals surface area contributed by atoms with Crippen LogP contribution in [-0.2, 0) is 9.53 Å². The van der Waals surface area contributed by atoms with Crippen molar-refractivity contribution in [2.45, 2.75) is 26.1 Å². The minimum Gasteiger partial charge on any atom is -0.474 e. The van der Waals surface area contributed by atoms with Crippen LogP contribution < -0.4 is 4.74 Å². The molecule has 1 unspecified atom stereocenters. The maximum atomic E-state index is 13.1. The third kappa shape index (κ3) is 3.00. The summed E-state index contributed by atoms with van der Waals surface area (Å²) in [5.41, 5.74) is 0.421. The van der Waals surface area contributed by atoms with Crippen LogP contribution in [0.25, 0.3) is 6.08 Å². The highest BCUT2D eigenvalue weighted by Crippen LogP contribution is 2.42. The first kappa shape index (κ1) is 15.7. The predicted octanol–water partition coefficient (Wildman–Crippen LogP) is 3.92. The van der Waals surface area contributed by atoms with Gasteiger partial charge in [0.05, 0.1) is 17.2 Å². The van der Waals surface area contributed by atoms with Gasteiger partial charge in [0.15, 0.2) is 0 Å². The van der Waals surface area contributed by atoms with Crippen molar-refractivity contribution in [2.75, 3.05) is 6.61 Å². The number of hydrogen-bond donors (Lipinski definition) is 0. The Hall–Kier alpha value is -1.69. The van der Waals surface area contributed by atoms with Gasteiger partial charge in [0.2, 0.25) is 6.10 Å². The molecule has 1 aromatic rings. The van der Waals surface area contributed by atoms with Gasteiger partial charge in [-0.15, -0.1) is 0 Å². The number of carbonyl (C=O) groups excluding carboxylic acids is 1. The summed E-state index contributed by atoms with van der Waals surface area (Å²) in [6.07, 6.45) is -6.00. The van der Waals surface area contributed by atoms with Gasteiger partial charge in [-0.1, -0.05) is 17.7 Å². The zero-order valence-electron chi connectivity index (χ0n) is 11.3. The van der Waals surface area contributed by atoms with Gasteiger partial charge >= 0.3 is 12.1 Å². The second-order valence-corrected chi connectivity index (χ2v) is 4.87. The van der Waals surface area contributed by atoms with Crippen LogP contribution in [0.3, 0.4) is 0 Å². The molecule has 1 heterocycles. The van der Waals surface area contributed by atoms with Gasteiger partial charge in [0, 0.05) is 5.56 Å². The second-order valence-electron chi connectivity index (χ2n) is 4.47. The maximum Gasteiger partial charge on any atom is 0.430 e. The summed E-state index contributed by atoms with van der Waals surface area (Å²) in [4.78, 5) is 11.8. The third-order valence-electron chi connectivity index (χ3n) is 2.99. The van der Waals surface area contributed by atoms with E-state index in [4.69, 9.17) is 16.3 Å². The van der Waals surface area contributed by atoms with E-state index >= 15 is 0 Å². The fourth-order valence-electron chi connectivity index (χ4n) is 2.01. The molecule has 0 N–H and O–H groups in total. The van der Waals surface area contributed by atoms with Crippen LogP contribution in [-0.4, -0.2) is 24.9 Å². The molecule has 0 aliphatic carbocycles. The predicted molar refractivity (Wildman–Crippen MR) is 71.3 cm³/mol. The van der Waals surface area contributed by atoms with Crippen LogP contribution in [0, 0.1) is 6.92 Å². The Morgan fingerprint density at radius 2 is 2.10 bits per heavy atom. The summed E-state index contributed by atoms with van der Waals surface area (Å²) >= 11 is 5.88. The summed E-state index contributed by atoms with van der Waals surface area (Å²) in [5.74, 6) is -1.13. The monoisotopic (exact) mass is 320 g/mol. The highest BCUT2D eigenvalue weighted by molar-refractivity contribution is 6.32. The molecule has 21 heavy (non-hydrogen) atoms. The van der Waals surface area contributed by atoms with Gasteiger partial charge in [-0.05, 0) is 31.6 Å². The fourth-order valence-corrected chi connectivity index (χ4v) is 2.22. The summed E-state index contributed by atoms with van der Waals surface area (Å²) < 4.78 is 48.9. The van der Waals surface area contributed by atoms with E-state index in [1.165, 1.54) is 13.0 Å². The molecule has 1 aliphatic heterocycles. The molecule has 1 aliphatic rings. The molecule has 0 spiro atoms. The van der Waals surface area contributed by atoms with E-state index in [2.05, 4.69) is 4.74 Å². The van der Waals surface area contributed by atoms with Crippen LogP contribution in [0.2, 0.25) is 5.02 Å². The SMILES string of the molecule is CCOC(=O)C1=Cc2c(C)ccc(Cl)c2OC1C(F)(F)F. The average Bonchev–Trinajstić information content (AvgIpc) is 2.41. The Morgan fingerprint density at radius 1 is 1.43 bits per heavy atom. The van der Waals surface area contributed by atoms with Crippen LogP contribution in [0.4, 0.5) is 13.2 Å². The number of benzene rings is 1. The molecule has 0 fully saturated rings. The first-order chi connectivity index (χ1) is 9.75. The molecule has 0 saturated carbocycles. The van der Waals surface area contributed by atoms with E-state index in [0.29, 0.717) is 11.1 Å². The van der Waals surface area contributed by atoms with Gasteiger partial charge in [-0.3, -0.25) is 0 Å². The zero-order valence-corrected chi connectivity index (χ0v) is 12.0. The minimum absolute atomic E-state index is 0.0257. The molecule has 2 rings (SSSR count). The Morgan fingerprint density at radius 3 is 2.67 bits per heavy atom. The number of fused-ring (bicyclic) bond motifs is 1. The van der Waals surface area contributed by atoms with Crippen LogP contribution >= 0.6 is 11.6 Å². The Balaban J connectivity index is 2.58. The van der Waals surface area contributed by atoms with Crippen molar-refractivity contribution in [3.8, 4) is 5.75 Å². The summed E-state index contributed by atoms with van der Waals surface area (Å²) in [5, 5.41) is 0.0593. The molecule has 0 bridgehead atoms. The molecule has 1 atom stereocenters. The van der Waals surface area contributed by atoms with E-state index in [-0.39, 0.29) is 17.4 Å². The smallest absolute Gasteiger partial charge is 0.430 e. The zero-order chi connectivity index (χ0) is 15.8. The number of alkyl halides is 3. The normalized spacial score (nSPS) is 17.6. The highest BCUT2D eigenvalue weighted by atomic mass is 35.5. The molecular weight excluding hydrogens is 309 g/mol. The lowest BCUT2D eigenvalue weighted by Gasteiger charge is -2.29. The molecule has 0 amide bonds. The molecule has 1 aromatic carbocycles. The molecule has 0 radical (unpaired) electrons. The van der Waals surface area contributed by atoms with Crippen molar-refractivity contribution in [1.29, 1.82) is 0 Å². The summed E-state index contributed by atoms with van der Waals surface area (Å²) in [6.45, 7) is 3.18. The van der Waals surface area contributed by atoms with Crippen LogP contribution in [0.1, 0.15) is 18.1 Å². The Bertz CT molecular complexity index is 608. The number of esters is 1. The minimum atomic E-state index is -4.75. The molecular formula is C14H12ClF3O3. The molecule has 114 valence electrons. The van der Waals surface area contributed by atoms with E-state index in [1.54, 1.807) is 13.0 Å². The average molecular weight is 321 g/mol. The Kier molecular flexibility index (Phi) is 4.18. The van der Waals surface area contributed by atoms with E-state index in [1.807, 2.05) is 0 Å². The largest absolute Gasteiger partial charge is 0.474 e. The molecule has 7 heteroatoms. The van der Waals surface area contributed by atoms with Crippen molar-refractivity contribution in [2.24, 2.45) is 0 Å². The Labute approximate surface area is 124 Å². The van der Waals surface area contributed by atoms with Crippen LogP contribution in [0.15, 0.2) is 17.7 Å². The highest BCUT2D eigenvalue weighted by Gasteiger charge is 2.49. The summed E-state index contributed by atoms with van der Waals surface area (Å²) in [7, 11) is 0.